The fourth-order valence-corrected chi connectivity index (χ4v) is 3.96. The molecule has 1 rings (SSSR count). The van der Waals surface area contributed by atoms with Gasteiger partial charge in [0.15, 0.2) is 0 Å². The second kappa shape index (κ2) is 8.20. The lowest BCUT2D eigenvalue weighted by molar-refractivity contribution is 0.200. The first-order chi connectivity index (χ1) is 7.75. The van der Waals surface area contributed by atoms with Gasteiger partial charge >= 0.3 is 0 Å². The van der Waals surface area contributed by atoms with Crippen LogP contribution in [0, 0.1) is 0 Å². The standard InChI is InChI=1S/C12H25NO2S/c1-15-9-6-10-16(14)12-8-5-3-2-4-7-11(12)13/h11-12H,2-10,13H2,1H3. The lowest BCUT2D eigenvalue weighted by Crippen LogP contribution is -2.39. The Morgan fingerprint density at radius 2 is 1.94 bits per heavy atom. The maximum atomic E-state index is 12.1. The van der Waals surface area contributed by atoms with Crippen LogP contribution in [0.5, 0.6) is 0 Å². The Bertz CT molecular complexity index is 211. The molecular weight excluding hydrogens is 222 g/mol. The van der Waals surface area contributed by atoms with Gasteiger partial charge in [-0.15, -0.1) is 0 Å². The van der Waals surface area contributed by atoms with E-state index in [1.54, 1.807) is 7.11 Å². The molecule has 0 aliphatic heterocycles. The van der Waals surface area contributed by atoms with Crippen LogP contribution in [0.1, 0.15) is 44.9 Å². The van der Waals surface area contributed by atoms with Crippen LogP contribution in [0.15, 0.2) is 0 Å². The van der Waals surface area contributed by atoms with E-state index in [1.165, 1.54) is 25.7 Å². The van der Waals surface area contributed by atoms with Gasteiger partial charge in [-0.2, -0.15) is 0 Å². The Morgan fingerprint density at radius 1 is 1.25 bits per heavy atom. The Morgan fingerprint density at radius 3 is 2.62 bits per heavy atom. The first kappa shape index (κ1) is 14.1. The third-order valence-corrected chi connectivity index (χ3v) is 5.24. The number of methoxy groups -OCH3 is 1. The first-order valence-electron chi connectivity index (χ1n) is 6.37. The van der Waals surface area contributed by atoms with Gasteiger partial charge in [0.05, 0.1) is 0 Å². The summed E-state index contributed by atoms with van der Waals surface area (Å²) in [6.45, 7) is 0.702. The van der Waals surface area contributed by atoms with E-state index in [-0.39, 0.29) is 11.3 Å². The zero-order chi connectivity index (χ0) is 11.8. The summed E-state index contributed by atoms with van der Waals surface area (Å²) in [7, 11) is 0.923. The van der Waals surface area contributed by atoms with Gasteiger partial charge in [0, 0.05) is 41.6 Å². The van der Waals surface area contributed by atoms with Crippen molar-refractivity contribution in [3.63, 3.8) is 0 Å². The zero-order valence-corrected chi connectivity index (χ0v) is 11.1. The molecule has 96 valence electrons. The monoisotopic (exact) mass is 247 g/mol. The van der Waals surface area contributed by atoms with Gasteiger partial charge in [-0.25, -0.2) is 0 Å². The van der Waals surface area contributed by atoms with Crippen LogP contribution in [0.3, 0.4) is 0 Å². The second-order valence-electron chi connectivity index (χ2n) is 4.63. The molecule has 0 spiro atoms. The highest BCUT2D eigenvalue weighted by molar-refractivity contribution is 7.85. The molecule has 1 aliphatic carbocycles. The molecule has 0 aromatic carbocycles. The van der Waals surface area contributed by atoms with E-state index in [1.807, 2.05) is 0 Å². The predicted molar refractivity (Wildman–Crippen MR) is 69.0 cm³/mol. The van der Waals surface area contributed by atoms with Crippen molar-refractivity contribution in [3.05, 3.63) is 0 Å². The SMILES string of the molecule is COCCCS(=O)C1CCCCCCC1N. The van der Waals surface area contributed by atoms with E-state index in [0.29, 0.717) is 6.61 Å². The lowest BCUT2D eigenvalue weighted by atomic mass is 9.97. The molecule has 1 aliphatic rings. The van der Waals surface area contributed by atoms with Crippen LogP contribution in [0.4, 0.5) is 0 Å². The van der Waals surface area contributed by atoms with Crippen molar-refractivity contribution in [1.82, 2.24) is 0 Å². The Balaban J connectivity index is 2.37. The molecular formula is C12H25NO2S. The Hall–Kier alpha value is 0.0700. The molecule has 3 unspecified atom stereocenters. The molecule has 0 saturated heterocycles. The molecule has 4 heteroatoms. The number of hydrogen-bond donors (Lipinski definition) is 1. The molecule has 0 amide bonds. The second-order valence-corrected chi connectivity index (χ2v) is 6.40. The fourth-order valence-electron chi connectivity index (χ4n) is 2.30. The highest BCUT2D eigenvalue weighted by Crippen LogP contribution is 2.20. The molecule has 0 bridgehead atoms. The summed E-state index contributed by atoms with van der Waals surface area (Å²) in [5.41, 5.74) is 6.13. The van der Waals surface area contributed by atoms with Gasteiger partial charge in [-0.3, -0.25) is 4.21 Å². The van der Waals surface area contributed by atoms with Crippen molar-refractivity contribution in [1.29, 1.82) is 0 Å². The van der Waals surface area contributed by atoms with Crippen molar-refractivity contribution < 1.29 is 8.95 Å². The predicted octanol–water partition coefficient (Wildman–Crippen LogP) is 1.82. The van der Waals surface area contributed by atoms with Gasteiger partial charge in [-0.05, 0) is 19.3 Å². The smallest absolute Gasteiger partial charge is 0.0499 e. The van der Waals surface area contributed by atoms with Gasteiger partial charge in [-0.1, -0.05) is 25.7 Å². The third kappa shape index (κ3) is 4.93. The van der Waals surface area contributed by atoms with Crippen molar-refractivity contribution >= 4 is 10.8 Å². The average Bonchev–Trinajstić information content (AvgIpc) is 2.24. The van der Waals surface area contributed by atoms with Gasteiger partial charge in [0.2, 0.25) is 0 Å². The summed E-state index contributed by atoms with van der Waals surface area (Å²) in [5, 5.41) is 0.220. The normalized spacial score (nSPS) is 29.4. The van der Waals surface area contributed by atoms with Crippen LogP contribution < -0.4 is 5.73 Å². The molecule has 1 fully saturated rings. The zero-order valence-electron chi connectivity index (χ0n) is 10.3. The van der Waals surface area contributed by atoms with Gasteiger partial charge in [0.1, 0.15) is 0 Å². The minimum Gasteiger partial charge on any atom is -0.385 e. The molecule has 0 aromatic heterocycles. The number of nitrogens with two attached hydrogens (primary N) is 1. The Kier molecular flexibility index (Phi) is 7.25. The largest absolute Gasteiger partial charge is 0.385 e. The van der Waals surface area contributed by atoms with E-state index in [0.717, 1.165) is 25.0 Å². The number of ether oxygens (including phenoxy) is 1. The van der Waals surface area contributed by atoms with Crippen molar-refractivity contribution in [2.75, 3.05) is 19.5 Å². The summed E-state index contributed by atoms with van der Waals surface area (Å²) in [6.07, 6.45) is 7.92. The van der Waals surface area contributed by atoms with Crippen molar-refractivity contribution in [2.45, 2.75) is 56.2 Å². The highest BCUT2D eigenvalue weighted by atomic mass is 32.2. The maximum Gasteiger partial charge on any atom is 0.0499 e. The molecule has 16 heavy (non-hydrogen) atoms. The molecule has 0 aromatic rings. The summed E-state index contributed by atoms with van der Waals surface area (Å²) in [4.78, 5) is 0. The summed E-state index contributed by atoms with van der Waals surface area (Å²) in [5.74, 6) is 0.742. The molecule has 0 heterocycles. The molecule has 1 saturated carbocycles. The minimum absolute atomic E-state index is 0.142. The Labute approximate surface area is 102 Å². The molecule has 3 atom stereocenters. The number of hydrogen-bond acceptors (Lipinski definition) is 3. The van der Waals surface area contributed by atoms with Gasteiger partial charge < -0.3 is 10.5 Å². The quantitative estimate of drug-likeness (QED) is 0.754. The lowest BCUT2D eigenvalue weighted by Gasteiger charge is -2.25. The van der Waals surface area contributed by atoms with E-state index in [9.17, 15) is 4.21 Å². The van der Waals surface area contributed by atoms with E-state index in [2.05, 4.69) is 0 Å². The topological polar surface area (TPSA) is 52.3 Å². The van der Waals surface area contributed by atoms with Crippen LogP contribution >= 0.6 is 0 Å². The summed E-state index contributed by atoms with van der Waals surface area (Å²) < 4.78 is 17.1. The molecule has 3 nitrogen and oxygen atoms in total. The van der Waals surface area contributed by atoms with E-state index < -0.39 is 10.8 Å². The summed E-state index contributed by atoms with van der Waals surface area (Å²) in [6, 6.07) is 0.142. The highest BCUT2D eigenvalue weighted by Gasteiger charge is 2.24. The number of rotatable bonds is 5. The first-order valence-corrected chi connectivity index (χ1v) is 7.75. The molecule has 0 radical (unpaired) electrons. The van der Waals surface area contributed by atoms with Crippen molar-refractivity contribution in [2.24, 2.45) is 5.73 Å². The fraction of sp³-hybridized carbons (Fsp3) is 1.00. The van der Waals surface area contributed by atoms with Gasteiger partial charge in [0.25, 0.3) is 0 Å². The molecule has 2 N–H and O–H groups in total. The van der Waals surface area contributed by atoms with Crippen LogP contribution in [0.2, 0.25) is 0 Å². The maximum absolute atomic E-state index is 12.1. The third-order valence-electron chi connectivity index (χ3n) is 3.29. The van der Waals surface area contributed by atoms with Crippen molar-refractivity contribution in [3.8, 4) is 0 Å². The van der Waals surface area contributed by atoms with E-state index >= 15 is 0 Å². The van der Waals surface area contributed by atoms with E-state index in [4.69, 9.17) is 10.5 Å². The summed E-state index contributed by atoms with van der Waals surface area (Å²) >= 11 is 0. The minimum atomic E-state index is -0.762. The average molecular weight is 247 g/mol. The van der Waals surface area contributed by atoms with Crippen LogP contribution in [-0.2, 0) is 15.5 Å². The van der Waals surface area contributed by atoms with Crippen LogP contribution in [0.25, 0.3) is 0 Å². The van der Waals surface area contributed by atoms with Crippen LogP contribution in [-0.4, -0.2) is 35.0 Å².